The van der Waals surface area contributed by atoms with Gasteiger partial charge in [0.15, 0.2) is 12.5 Å². The fourth-order valence-corrected chi connectivity index (χ4v) is 9.71. The number of carboxylic acid groups (broad SMARTS) is 1. The molecule has 4 rings (SSSR count). The molecule has 448 valence electrons. The van der Waals surface area contributed by atoms with Gasteiger partial charge in [-0.25, -0.2) is 9.59 Å². The third kappa shape index (κ3) is 27.4. The number of ether oxygens (including phenoxy) is 4. The van der Waals surface area contributed by atoms with Gasteiger partial charge in [0, 0.05) is 39.5 Å². The van der Waals surface area contributed by atoms with Gasteiger partial charge in [-0.2, -0.15) is 0 Å². The van der Waals surface area contributed by atoms with Crippen molar-refractivity contribution in [3.8, 4) is 23.7 Å². The molecule has 2 fully saturated rings. The van der Waals surface area contributed by atoms with E-state index in [0.717, 1.165) is 32.1 Å². The summed E-state index contributed by atoms with van der Waals surface area (Å²) in [4.78, 5) is 75.2. The van der Waals surface area contributed by atoms with Crippen molar-refractivity contribution in [1.82, 2.24) is 24.4 Å². The van der Waals surface area contributed by atoms with Crippen molar-refractivity contribution in [2.45, 2.75) is 269 Å². The fraction of sp³-hybridized carbons (Fsp3) is 0.767. The highest BCUT2D eigenvalue weighted by atomic mass is 16.6. The number of unbranched alkanes of at least 4 members (excludes halogenated alkanes) is 24. The zero-order valence-corrected chi connectivity index (χ0v) is 48.8. The second-order valence-corrected chi connectivity index (χ2v) is 20.7. The number of aliphatic hydroxyl groups is 2. The molecule has 4 heterocycles. The number of aliphatic carboxylic acids is 1. The largest absolute Gasteiger partial charge is 0.481 e. The van der Waals surface area contributed by atoms with E-state index in [4.69, 9.17) is 29.8 Å². The Bertz CT molecular complexity index is 2360. The van der Waals surface area contributed by atoms with E-state index < -0.39 is 77.5 Å². The van der Waals surface area contributed by atoms with Crippen LogP contribution in [0.4, 0.5) is 0 Å². The number of aromatic amines is 2. The van der Waals surface area contributed by atoms with Crippen LogP contribution < -0.4 is 33.5 Å². The number of nitrogens with one attached hydrogen (secondary N) is 3. The molecule has 2 aliphatic heterocycles. The maximum Gasteiger partial charge on any atom is 0.330 e. The van der Waals surface area contributed by atoms with Crippen LogP contribution in [-0.2, 0) is 28.5 Å². The first-order valence-electron chi connectivity index (χ1n) is 29.8. The standard InChI is InChI=1S/C30H49N3O6.C16H32O2.C14H19N3O5/c1-4-6-7-8-9-10-11-12-13-14-15-16-17-20-25(34)31-21-18-19-23-22-33(30(37)32-28(23)36)29-27(38-3)26(35)24(5-2)39-29;1-2-3-4-5-6-7-8-9-10-11-12-13-14-15-16(17)18;1-3-9-10(18)11(21-2)13(22-9)17-7-8(5-4-6-15)12(19)16-14(17)20/h22,24,26-27,29,35H,4-17,20-21H2,1-3H3,(H,31,34)(H,32,36,37);2-15H2,1H3,(H,17,18);7,9-11,13,18H,3,6,15H2,1-2H3,(H,16,19,20)/t24-,26?,27+,29-;;9-,10?,11+,13-/m1.1/s1. The third-order valence-corrected chi connectivity index (χ3v) is 14.4. The molecule has 0 spiro atoms. The first-order chi connectivity index (χ1) is 38.2. The van der Waals surface area contributed by atoms with E-state index >= 15 is 0 Å². The summed E-state index contributed by atoms with van der Waals surface area (Å²) in [5, 5.41) is 31.8. The van der Waals surface area contributed by atoms with Gasteiger partial charge in [0.05, 0.1) is 25.3 Å². The van der Waals surface area contributed by atoms with Crippen LogP contribution in [0.1, 0.15) is 244 Å². The molecule has 0 aromatic carbocycles. The molecule has 2 aromatic heterocycles. The van der Waals surface area contributed by atoms with E-state index in [0.29, 0.717) is 25.7 Å². The van der Waals surface area contributed by atoms with Crippen LogP contribution in [0.2, 0.25) is 0 Å². The van der Waals surface area contributed by atoms with Gasteiger partial charge < -0.3 is 45.3 Å². The number of hydrogen-bond donors (Lipinski definition) is 7. The molecule has 0 saturated carbocycles. The Kier molecular flexibility index (Phi) is 38.2. The van der Waals surface area contributed by atoms with Crippen molar-refractivity contribution in [3.05, 3.63) is 65.2 Å². The minimum Gasteiger partial charge on any atom is -0.481 e. The van der Waals surface area contributed by atoms with Crippen LogP contribution in [0, 0.1) is 23.7 Å². The lowest BCUT2D eigenvalue weighted by molar-refractivity contribution is -0.137. The van der Waals surface area contributed by atoms with Crippen LogP contribution in [-0.4, -0.2) is 110 Å². The van der Waals surface area contributed by atoms with Gasteiger partial charge in [0.25, 0.3) is 11.1 Å². The van der Waals surface area contributed by atoms with Crippen LogP contribution in [0.5, 0.6) is 0 Å². The maximum absolute atomic E-state index is 12.4. The Morgan fingerprint density at radius 2 is 0.911 bits per heavy atom. The van der Waals surface area contributed by atoms with Gasteiger partial charge in [0.1, 0.15) is 35.5 Å². The number of methoxy groups -OCH3 is 2. The summed E-state index contributed by atoms with van der Waals surface area (Å²) in [6.07, 6.45) is 31.9. The number of aromatic nitrogens is 4. The van der Waals surface area contributed by atoms with Gasteiger partial charge >= 0.3 is 17.3 Å². The molecule has 8 atom stereocenters. The molecule has 0 radical (unpaired) electrons. The molecule has 79 heavy (non-hydrogen) atoms. The second kappa shape index (κ2) is 42.9. The Labute approximate surface area is 469 Å². The Morgan fingerprint density at radius 1 is 0.570 bits per heavy atom. The van der Waals surface area contributed by atoms with Crippen LogP contribution in [0.15, 0.2) is 31.6 Å². The van der Waals surface area contributed by atoms with Gasteiger partial charge in [0.2, 0.25) is 5.91 Å². The summed E-state index contributed by atoms with van der Waals surface area (Å²) >= 11 is 0. The molecule has 2 aliphatic rings. The molecule has 2 aromatic rings. The van der Waals surface area contributed by atoms with Crippen molar-refractivity contribution < 1.29 is 43.9 Å². The highest BCUT2D eigenvalue weighted by Gasteiger charge is 2.45. The number of hydrogen-bond acceptors (Lipinski definition) is 13. The molecule has 0 bridgehead atoms. The van der Waals surface area contributed by atoms with Crippen molar-refractivity contribution in [2.75, 3.05) is 27.3 Å². The quantitative estimate of drug-likeness (QED) is 0.0253. The summed E-state index contributed by atoms with van der Waals surface area (Å²) in [7, 11) is 2.86. The highest BCUT2D eigenvalue weighted by Crippen LogP contribution is 2.33. The van der Waals surface area contributed by atoms with Crippen molar-refractivity contribution in [2.24, 2.45) is 5.73 Å². The van der Waals surface area contributed by atoms with E-state index in [1.54, 1.807) is 0 Å². The molecular formula is C60H100N6O13. The van der Waals surface area contributed by atoms with Gasteiger partial charge in [-0.15, -0.1) is 0 Å². The first-order valence-corrected chi connectivity index (χ1v) is 29.8. The predicted octanol–water partition coefficient (Wildman–Crippen LogP) is 8.25. The van der Waals surface area contributed by atoms with E-state index in [2.05, 4.69) is 52.8 Å². The summed E-state index contributed by atoms with van der Waals surface area (Å²) in [6.45, 7) is 8.43. The Hall–Kier alpha value is -4.86. The van der Waals surface area contributed by atoms with E-state index in [-0.39, 0.29) is 30.1 Å². The lowest BCUT2D eigenvalue weighted by Crippen LogP contribution is -2.39. The average molecular weight is 1110 g/mol. The monoisotopic (exact) mass is 1110 g/mol. The smallest absolute Gasteiger partial charge is 0.330 e. The molecule has 2 unspecified atom stereocenters. The molecular weight excluding hydrogens is 1010 g/mol. The van der Waals surface area contributed by atoms with E-state index in [9.17, 15) is 39.0 Å². The molecule has 8 N–H and O–H groups in total. The van der Waals surface area contributed by atoms with Crippen LogP contribution >= 0.6 is 0 Å². The van der Waals surface area contributed by atoms with E-state index in [1.807, 2.05) is 13.8 Å². The summed E-state index contributed by atoms with van der Waals surface area (Å²) in [6, 6.07) is 0. The van der Waals surface area contributed by atoms with Crippen LogP contribution in [0.3, 0.4) is 0 Å². The molecule has 1 amide bonds. The Balaban J connectivity index is 0.000000449. The molecule has 19 nitrogen and oxygen atoms in total. The lowest BCUT2D eigenvalue weighted by Gasteiger charge is -2.20. The average Bonchev–Trinajstić information content (AvgIpc) is 3.94. The number of carboxylic acids is 1. The number of carbonyl (C=O) groups is 2. The number of nitrogens with two attached hydrogens (primary N) is 1. The molecule has 19 heteroatoms. The molecule has 2 saturated heterocycles. The van der Waals surface area contributed by atoms with Crippen molar-refractivity contribution in [3.63, 3.8) is 0 Å². The van der Waals surface area contributed by atoms with Gasteiger partial charge in [-0.3, -0.25) is 38.3 Å². The number of aliphatic hydroxyl groups excluding tert-OH is 2. The zero-order valence-electron chi connectivity index (χ0n) is 48.8. The second-order valence-electron chi connectivity index (χ2n) is 20.7. The highest BCUT2D eigenvalue weighted by molar-refractivity contribution is 5.76. The minimum atomic E-state index is -0.900. The first kappa shape index (κ1) is 70.2. The zero-order chi connectivity index (χ0) is 58.2. The minimum absolute atomic E-state index is 0.0619. The molecule has 0 aliphatic carbocycles. The number of nitrogens with zero attached hydrogens (tertiary/aromatic N) is 2. The predicted molar refractivity (Wildman–Crippen MR) is 309 cm³/mol. The van der Waals surface area contributed by atoms with Crippen molar-refractivity contribution in [1.29, 1.82) is 0 Å². The number of rotatable bonds is 35. The Morgan fingerprint density at radius 3 is 1.24 bits per heavy atom. The topological polar surface area (TPSA) is 280 Å². The number of amides is 1. The summed E-state index contributed by atoms with van der Waals surface area (Å²) in [5.41, 5.74) is 2.89. The van der Waals surface area contributed by atoms with Gasteiger partial charge in [-0.1, -0.05) is 205 Å². The number of H-pyrrole nitrogens is 2. The van der Waals surface area contributed by atoms with Crippen LogP contribution in [0.25, 0.3) is 0 Å². The normalized spacial score (nSPS) is 20.2. The third-order valence-electron chi connectivity index (χ3n) is 14.4. The van der Waals surface area contributed by atoms with Crippen molar-refractivity contribution >= 4 is 11.9 Å². The summed E-state index contributed by atoms with van der Waals surface area (Å²) < 4.78 is 24.4. The number of carbonyl (C=O) groups excluding carboxylic acids is 1. The van der Waals surface area contributed by atoms with Gasteiger partial charge in [-0.05, 0) is 25.7 Å². The fourth-order valence-electron chi connectivity index (χ4n) is 9.71. The lowest BCUT2D eigenvalue weighted by atomic mass is 10.0. The summed E-state index contributed by atoms with van der Waals surface area (Å²) in [5.74, 6) is 9.93. The van der Waals surface area contributed by atoms with E-state index in [1.165, 1.54) is 171 Å². The SMILES string of the molecule is CCCCCCCCCCCCCCCC(=O)NCC#Cc1cn([C@@H]2O[C@H](CC)C(O)[C@@H]2OC)c(=O)[nH]c1=O.CCCCCCCCCCCCCCCC(=O)O.CC[C@H]1O[C@@H](n2cc(C#CCN)c(=O)[nH]c2=O)[C@@H](OC)C1O. The maximum atomic E-state index is 12.4.